The third-order valence-electron chi connectivity index (χ3n) is 3.27. The Kier molecular flexibility index (Phi) is 3.39. The van der Waals surface area contributed by atoms with E-state index >= 15 is 0 Å². The van der Waals surface area contributed by atoms with Crippen molar-refractivity contribution in [2.24, 2.45) is 0 Å². The summed E-state index contributed by atoms with van der Waals surface area (Å²) in [7, 11) is 0. The number of fused-ring (bicyclic) bond motifs is 1. The molecule has 0 amide bonds. The number of imidazole rings is 1. The van der Waals surface area contributed by atoms with Gasteiger partial charge in [0.15, 0.2) is 5.82 Å². The molecule has 3 heterocycles. The molecule has 1 aliphatic heterocycles. The Hall–Kier alpha value is -0.870. The van der Waals surface area contributed by atoms with Crippen LogP contribution in [0.2, 0.25) is 0 Å². The summed E-state index contributed by atoms with van der Waals surface area (Å²) in [6.07, 6.45) is 2.03. The van der Waals surface area contributed by atoms with Crippen molar-refractivity contribution in [3.8, 4) is 0 Å². The second-order valence-electron chi connectivity index (χ2n) is 4.57. The fourth-order valence-corrected chi connectivity index (χ4v) is 3.68. The van der Waals surface area contributed by atoms with Gasteiger partial charge < -0.3 is 9.30 Å². The summed E-state index contributed by atoms with van der Waals surface area (Å²) in [5.41, 5.74) is 2.08. The lowest BCUT2D eigenvalue weighted by Gasteiger charge is -2.31. The van der Waals surface area contributed by atoms with Gasteiger partial charge in [-0.15, -0.1) is 11.6 Å². The average molecular weight is 282 g/mol. The minimum Gasteiger partial charge on any atom is -0.353 e. The normalized spacial score (nSPS) is 20.6. The van der Waals surface area contributed by atoms with Crippen LogP contribution in [0.1, 0.15) is 12.6 Å². The molecule has 0 aromatic carbocycles. The minimum absolute atomic E-state index is 0.499. The highest BCUT2D eigenvalue weighted by Gasteiger charge is 2.22. The molecule has 2 aromatic heterocycles. The van der Waals surface area contributed by atoms with Gasteiger partial charge in [0.2, 0.25) is 0 Å². The number of alkyl halides is 1. The van der Waals surface area contributed by atoms with Crippen molar-refractivity contribution in [1.82, 2.24) is 9.38 Å². The van der Waals surface area contributed by atoms with Crippen molar-refractivity contribution >= 4 is 34.8 Å². The van der Waals surface area contributed by atoms with Crippen LogP contribution in [0, 0.1) is 0 Å². The topological polar surface area (TPSA) is 20.5 Å². The summed E-state index contributed by atoms with van der Waals surface area (Å²) in [4.78, 5) is 7.10. The van der Waals surface area contributed by atoms with Crippen molar-refractivity contribution in [3.63, 3.8) is 0 Å². The average Bonchev–Trinajstić information content (AvgIpc) is 2.77. The van der Waals surface area contributed by atoms with Crippen molar-refractivity contribution in [2.75, 3.05) is 23.7 Å². The van der Waals surface area contributed by atoms with Gasteiger partial charge in [-0.2, -0.15) is 11.8 Å². The van der Waals surface area contributed by atoms with Crippen LogP contribution in [0.3, 0.4) is 0 Å². The highest BCUT2D eigenvalue weighted by molar-refractivity contribution is 8.00. The Morgan fingerprint density at radius 2 is 2.39 bits per heavy atom. The standard InChI is InChI=1S/C13H16ClN3S/c1-10-9-16(6-7-18-10)13-11(8-14)17-5-3-2-4-12(17)15-13/h2-5,10H,6-9H2,1H3. The largest absolute Gasteiger partial charge is 0.353 e. The molecule has 96 valence electrons. The highest BCUT2D eigenvalue weighted by atomic mass is 35.5. The summed E-state index contributed by atoms with van der Waals surface area (Å²) in [5.74, 6) is 2.72. The van der Waals surface area contributed by atoms with E-state index in [4.69, 9.17) is 16.6 Å². The Balaban J connectivity index is 2.05. The summed E-state index contributed by atoms with van der Waals surface area (Å²) in [6.45, 7) is 4.38. The molecule has 5 heteroatoms. The molecule has 0 radical (unpaired) electrons. The lowest BCUT2D eigenvalue weighted by Crippen LogP contribution is -2.37. The van der Waals surface area contributed by atoms with Crippen LogP contribution >= 0.6 is 23.4 Å². The maximum Gasteiger partial charge on any atom is 0.152 e. The molecule has 1 saturated heterocycles. The van der Waals surface area contributed by atoms with Gasteiger partial charge in [0, 0.05) is 30.3 Å². The SMILES string of the molecule is CC1CN(c2nc3ccccn3c2CCl)CCS1. The Morgan fingerprint density at radius 3 is 3.17 bits per heavy atom. The molecular formula is C13H16ClN3S. The van der Waals surface area contributed by atoms with E-state index in [-0.39, 0.29) is 0 Å². The van der Waals surface area contributed by atoms with E-state index in [9.17, 15) is 0 Å². The number of anilines is 1. The maximum atomic E-state index is 6.12. The van der Waals surface area contributed by atoms with Gasteiger partial charge in [-0.1, -0.05) is 13.0 Å². The fraction of sp³-hybridized carbons (Fsp3) is 0.462. The Labute approximate surface area is 116 Å². The van der Waals surface area contributed by atoms with Crippen LogP contribution in [0.5, 0.6) is 0 Å². The zero-order chi connectivity index (χ0) is 12.5. The van der Waals surface area contributed by atoms with Crippen LogP contribution in [-0.4, -0.2) is 33.5 Å². The van der Waals surface area contributed by atoms with Gasteiger partial charge >= 0.3 is 0 Å². The molecular weight excluding hydrogens is 266 g/mol. The number of hydrogen-bond acceptors (Lipinski definition) is 3. The van der Waals surface area contributed by atoms with Gasteiger partial charge in [-0.25, -0.2) is 4.98 Å². The fourth-order valence-electron chi connectivity index (χ4n) is 2.42. The molecule has 0 saturated carbocycles. The Morgan fingerprint density at radius 1 is 1.50 bits per heavy atom. The molecule has 1 atom stereocenters. The molecule has 0 aliphatic carbocycles. The molecule has 1 fully saturated rings. The summed E-state index contributed by atoms with van der Waals surface area (Å²) < 4.78 is 2.09. The zero-order valence-electron chi connectivity index (χ0n) is 10.3. The highest BCUT2D eigenvalue weighted by Crippen LogP contribution is 2.28. The van der Waals surface area contributed by atoms with Crippen LogP contribution in [0.15, 0.2) is 24.4 Å². The number of rotatable bonds is 2. The molecule has 0 bridgehead atoms. The van der Waals surface area contributed by atoms with Gasteiger partial charge in [-0.05, 0) is 12.1 Å². The number of nitrogens with zero attached hydrogens (tertiary/aromatic N) is 3. The summed E-state index contributed by atoms with van der Waals surface area (Å²) in [6, 6.07) is 6.06. The molecule has 18 heavy (non-hydrogen) atoms. The molecule has 3 rings (SSSR count). The maximum absolute atomic E-state index is 6.12. The molecule has 1 unspecified atom stereocenters. The second-order valence-corrected chi connectivity index (χ2v) is 6.39. The first-order chi connectivity index (χ1) is 8.79. The van der Waals surface area contributed by atoms with E-state index in [1.165, 1.54) is 0 Å². The predicted molar refractivity (Wildman–Crippen MR) is 78.9 cm³/mol. The van der Waals surface area contributed by atoms with E-state index < -0.39 is 0 Å². The van der Waals surface area contributed by atoms with Crippen molar-refractivity contribution in [3.05, 3.63) is 30.1 Å². The number of pyridine rings is 1. The molecule has 1 aliphatic rings. The van der Waals surface area contributed by atoms with Gasteiger partial charge in [0.1, 0.15) is 5.65 Å². The third kappa shape index (κ3) is 2.08. The molecule has 2 aromatic rings. The van der Waals surface area contributed by atoms with Crippen LogP contribution in [0.4, 0.5) is 5.82 Å². The first-order valence-corrected chi connectivity index (χ1v) is 7.76. The minimum atomic E-state index is 0.499. The van der Waals surface area contributed by atoms with E-state index in [0.717, 1.165) is 36.0 Å². The monoisotopic (exact) mass is 281 g/mol. The zero-order valence-corrected chi connectivity index (χ0v) is 11.9. The van der Waals surface area contributed by atoms with Crippen LogP contribution in [0.25, 0.3) is 5.65 Å². The molecule has 3 nitrogen and oxygen atoms in total. The quantitative estimate of drug-likeness (QED) is 0.790. The van der Waals surface area contributed by atoms with Gasteiger partial charge in [0.05, 0.1) is 11.6 Å². The Bertz CT molecular complexity index is 554. The lowest BCUT2D eigenvalue weighted by atomic mass is 10.3. The first kappa shape index (κ1) is 12.2. The van der Waals surface area contributed by atoms with Crippen molar-refractivity contribution < 1.29 is 0 Å². The summed E-state index contributed by atoms with van der Waals surface area (Å²) in [5, 5.41) is 0.659. The molecule has 0 N–H and O–H groups in total. The van der Waals surface area contributed by atoms with Crippen molar-refractivity contribution in [1.29, 1.82) is 0 Å². The van der Waals surface area contributed by atoms with Crippen molar-refractivity contribution in [2.45, 2.75) is 18.1 Å². The van der Waals surface area contributed by atoms with Gasteiger partial charge in [0.25, 0.3) is 0 Å². The first-order valence-electron chi connectivity index (χ1n) is 6.18. The third-order valence-corrected chi connectivity index (χ3v) is 4.66. The van der Waals surface area contributed by atoms with Gasteiger partial charge in [-0.3, -0.25) is 0 Å². The van der Waals surface area contributed by atoms with E-state index in [2.05, 4.69) is 16.2 Å². The van der Waals surface area contributed by atoms with Crippen LogP contribution < -0.4 is 4.90 Å². The molecule has 0 spiro atoms. The predicted octanol–water partition coefficient (Wildman–Crippen LogP) is 3.01. The number of thioether (sulfide) groups is 1. The number of aromatic nitrogens is 2. The number of hydrogen-bond donors (Lipinski definition) is 0. The van der Waals surface area contributed by atoms with E-state index in [1.54, 1.807) is 0 Å². The van der Waals surface area contributed by atoms with E-state index in [0.29, 0.717) is 11.1 Å². The summed E-state index contributed by atoms with van der Waals surface area (Å²) >= 11 is 8.14. The second kappa shape index (κ2) is 5.02. The van der Waals surface area contributed by atoms with E-state index in [1.807, 2.05) is 36.2 Å². The van der Waals surface area contributed by atoms with Crippen LogP contribution in [-0.2, 0) is 5.88 Å². The number of halogens is 1. The lowest BCUT2D eigenvalue weighted by molar-refractivity contribution is 0.769. The smallest absolute Gasteiger partial charge is 0.152 e.